The van der Waals surface area contributed by atoms with Gasteiger partial charge in [-0.1, -0.05) is 133 Å². The van der Waals surface area contributed by atoms with Crippen LogP contribution in [0.1, 0.15) is 130 Å². The fourth-order valence-corrected chi connectivity index (χ4v) is 18.3. The minimum Gasteiger partial charge on any atom is -0.316 e. The van der Waals surface area contributed by atoms with E-state index in [9.17, 15) is 0 Å². The molecule has 3 aromatic rings. The summed E-state index contributed by atoms with van der Waals surface area (Å²) in [5, 5.41) is 0. The highest BCUT2D eigenvalue weighted by Crippen LogP contribution is 2.63. The Morgan fingerprint density at radius 3 is 1.90 bits per heavy atom. The third-order valence-corrected chi connectivity index (χ3v) is 18.7. The smallest absolute Gasteiger partial charge is 0.127 e. The highest BCUT2D eigenvalue weighted by molar-refractivity contribution is 6.76. The zero-order chi connectivity index (χ0) is 36.7. The molecule has 3 heteroatoms. The van der Waals surface area contributed by atoms with Crippen LogP contribution < -0.4 is 4.90 Å². The molecule has 7 rings (SSSR count). The van der Waals surface area contributed by atoms with Crippen molar-refractivity contribution in [1.82, 2.24) is 4.57 Å². The maximum absolute atomic E-state index is 3.17. The van der Waals surface area contributed by atoms with Crippen LogP contribution in [0.3, 0.4) is 0 Å². The summed E-state index contributed by atoms with van der Waals surface area (Å²) in [5.74, 6) is 2.04. The molecule has 0 heterocycles. The Hall–Kier alpha value is -2.88. The van der Waals surface area contributed by atoms with Crippen molar-refractivity contribution in [3.8, 4) is 0 Å². The van der Waals surface area contributed by atoms with E-state index in [0.29, 0.717) is 11.8 Å². The Balaban J connectivity index is 1.36. The predicted octanol–water partition coefficient (Wildman–Crippen LogP) is 14.4. The summed E-state index contributed by atoms with van der Waals surface area (Å²) in [4.78, 5) is 2.47. The molecule has 2 saturated carbocycles. The Morgan fingerprint density at radius 2 is 1.35 bits per heavy atom. The fraction of sp³-hybridized carbons (Fsp3) is 0.551. The molecule has 0 amide bonds. The molecule has 4 unspecified atom stereocenters. The van der Waals surface area contributed by atoms with E-state index in [1.165, 1.54) is 99.7 Å². The van der Waals surface area contributed by atoms with Crippen LogP contribution in [0.15, 0.2) is 96.6 Å². The van der Waals surface area contributed by atoms with E-state index in [1.54, 1.807) is 16.7 Å². The highest BCUT2D eigenvalue weighted by atomic mass is 28.3. The quantitative estimate of drug-likeness (QED) is 0.173. The summed E-state index contributed by atoms with van der Waals surface area (Å²) < 4.78 is 3.17. The van der Waals surface area contributed by atoms with Gasteiger partial charge in [0.05, 0.1) is 0 Å². The molecule has 4 aliphatic rings. The van der Waals surface area contributed by atoms with Crippen LogP contribution in [0.2, 0.25) is 18.6 Å². The predicted molar refractivity (Wildman–Crippen MR) is 228 cm³/mol. The van der Waals surface area contributed by atoms with Crippen molar-refractivity contribution in [3.05, 3.63) is 108 Å². The van der Waals surface area contributed by atoms with Crippen LogP contribution in [0, 0.1) is 17.8 Å². The maximum Gasteiger partial charge on any atom is 0.127 e. The Labute approximate surface area is 318 Å². The number of rotatable bonds is 12. The molecule has 2 nitrogen and oxygen atoms in total. The number of allylic oxidation sites excluding steroid dienone is 4. The molecule has 4 atom stereocenters. The van der Waals surface area contributed by atoms with E-state index < -0.39 is 8.24 Å². The van der Waals surface area contributed by atoms with E-state index in [2.05, 4.69) is 155 Å². The van der Waals surface area contributed by atoms with Crippen LogP contribution in [0.4, 0.5) is 17.1 Å². The molecule has 0 N–H and O–H groups in total. The van der Waals surface area contributed by atoms with Crippen molar-refractivity contribution in [3.63, 3.8) is 0 Å². The van der Waals surface area contributed by atoms with Gasteiger partial charge in [0.1, 0.15) is 8.24 Å². The molecule has 2 fully saturated rings. The molecule has 3 aromatic carbocycles. The van der Waals surface area contributed by atoms with E-state index in [1.807, 2.05) is 0 Å². The van der Waals surface area contributed by atoms with Crippen LogP contribution in [-0.2, 0) is 5.41 Å². The minimum absolute atomic E-state index is 0.0718. The average Bonchev–Trinajstić information content (AvgIpc) is 3.60. The highest BCUT2D eigenvalue weighted by Gasteiger charge is 2.56. The molecule has 52 heavy (non-hydrogen) atoms. The third kappa shape index (κ3) is 6.72. The first-order chi connectivity index (χ1) is 25.0. The second kappa shape index (κ2) is 15.1. The minimum atomic E-state index is -1.86. The van der Waals surface area contributed by atoms with Gasteiger partial charge in [-0.3, -0.25) is 0 Å². The number of unbranched alkanes of at least 4 members (excludes halogenated alkanes) is 2. The van der Waals surface area contributed by atoms with Crippen molar-refractivity contribution >= 4 is 30.9 Å². The van der Waals surface area contributed by atoms with Crippen molar-refractivity contribution in [1.29, 1.82) is 0 Å². The number of para-hydroxylation sites is 2. The first-order valence-electron chi connectivity index (χ1n) is 21.3. The molecular formula is C49H68N2Si. The van der Waals surface area contributed by atoms with Crippen molar-refractivity contribution in [2.75, 3.05) is 4.90 Å². The Bertz CT molecular complexity index is 1680. The lowest BCUT2D eigenvalue weighted by Gasteiger charge is -2.56. The van der Waals surface area contributed by atoms with Gasteiger partial charge in [0.15, 0.2) is 0 Å². The first-order valence-corrected chi connectivity index (χ1v) is 24.3. The summed E-state index contributed by atoms with van der Waals surface area (Å²) >= 11 is 0. The largest absolute Gasteiger partial charge is 0.316 e. The van der Waals surface area contributed by atoms with Gasteiger partial charge in [0.25, 0.3) is 0 Å². The summed E-state index contributed by atoms with van der Waals surface area (Å²) in [5.41, 5.74) is 11.2. The van der Waals surface area contributed by atoms with E-state index in [4.69, 9.17) is 0 Å². The summed E-state index contributed by atoms with van der Waals surface area (Å²) in [7, 11) is -1.86. The van der Waals surface area contributed by atoms with Crippen molar-refractivity contribution in [2.45, 2.75) is 154 Å². The summed E-state index contributed by atoms with van der Waals surface area (Å²) in [6.45, 7) is 20.6. The molecule has 0 spiro atoms. The molecule has 278 valence electrons. The lowest BCUT2D eigenvalue weighted by Crippen LogP contribution is -2.65. The Kier molecular flexibility index (Phi) is 10.9. The van der Waals surface area contributed by atoms with Gasteiger partial charge in [0, 0.05) is 34.1 Å². The number of nitrogens with zero attached hydrogens (tertiary/aromatic N) is 2. The summed E-state index contributed by atoms with van der Waals surface area (Å²) in [6, 6.07) is 30.3. The second-order valence-corrected chi connectivity index (χ2v) is 23.1. The molecular weight excluding hydrogens is 645 g/mol. The van der Waals surface area contributed by atoms with Crippen LogP contribution >= 0.6 is 0 Å². The zero-order valence-electron chi connectivity index (χ0n) is 33.9. The van der Waals surface area contributed by atoms with Crippen LogP contribution in [0.25, 0.3) is 5.57 Å². The molecule has 0 aliphatic heterocycles. The van der Waals surface area contributed by atoms with E-state index >= 15 is 0 Å². The lowest BCUT2D eigenvalue weighted by molar-refractivity contribution is 0.139. The second-order valence-electron chi connectivity index (χ2n) is 18.7. The van der Waals surface area contributed by atoms with Crippen molar-refractivity contribution in [2.24, 2.45) is 17.8 Å². The number of hydrogen-bond acceptors (Lipinski definition) is 2. The number of benzene rings is 3. The molecule has 0 aromatic heterocycles. The zero-order valence-corrected chi connectivity index (χ0v) is 34.9. The number of anilines is 3. The fourth-order valence-electron chi connectivity index (χ4n) is 12.2. The van der Waals surface area contributed by atoms with E-state index in [-0.39, 0.29) is 11.0 Å². The summed E-state index contributed by atoms with van der Waals surface area (Å²) in [6.07, 6.45) is 21.7. The van der Waals surface area contributed by atoms with Gasteiger partial charge in [-0.2, -0.15) is 0 Å². The van der Waals surface area contributed by atoms with Gasteiger partial charge < -0.3 is 9.47 Å². The monoisotopic (exact) mass is 713 g/mol. The SMILES string of the molecule is CCCCC1(CCCC)C2=CC3C(C=C2c2ccc(N(c4ccccc4)c4ccccc4)cc21)CC(C)C3[Si](C)(C)N(C1CCCCC1)C(C)(C)C. The normalized spacial score (nSPS) is 24.2. The standard InChI is InChI=1S/C49H68N2Si/c1-9-11-30-49(31-12-10-2)45-34-41(50(38-22-16-13-17-23-38)39-24-18-14-19-25-39)28-29-42(45)44-33-37-32-36(3)47(43(37)35-46(44)49)52(7,8)51(48(4,5)6)40-26-20-15-21-27-40/h13-14,16-19,22-25,28-29,33-37,40,43,47H,9-12,15,20-21,26-27,30-32H2,1-8H3. The van der Waals surface area contributed by atoms with Gasteiger partial charge in [-0.25, -0.2) is 0 Å². The number of fused-ring (bicyclic) bond motifs is 4. The van der Waals surface area contributed by atoms with Crippen LogP contribution in [-0.4, -0.2) is 24.4 Å². The maximum atomic E-state index is 3.17. The first kappa shape index (κ1) is 37.4. The lowest BCUT2D eigenvalue weighted by atomic mass is 9.68. The van der Waals surface area contributed by atoms with Gasteiger partial charge in [-0.15, -0.1) is 0 Å². The van der Waals surface area contributed by atoms with Gasteiger partial charge >= 0.3 is 0 Å². The van der Waals surface area contributed by atoms with Crippen LogP contribution in [0.5, 0.6) is 0 Å². The average molecular weight is 713 g/mol. The van der Waals surface area contributed by atoms with Gasteiger partial charge in [0.2, 0.25) is 0 Å². The third-order valence-electron chi connectivity index (χ3n) is 13.8. The van der Waals surface area contributed by atoms with Crippen molar-refractivity contribution < 1.29 is 0 Å². The molecule has 0 radical (unpaired) electrons. The molecule has 4 aliphatic carbocycles. The molecule has 0 bridgehead atoms. The molecule has 0 saturated heterocycles. The van der Waals surface area contributed by atoms with E-state index in [0.717, 1.165) is 17.5 Å². The number of hydrogen-bond donors (Lipinski definition) is 0. The Morgan fingerprint density at radius 1 is 0.750 bits per heavy atom. The topological polar surface area (TPSA) is 6.48 Å². The van der Waals surface area contributed by atoms with Gasteiger partial charge in [-0.05, 0) is 135 Å².